The number of ether oxygens (including phenoxy) is 1. The van der Waals surface area contributed by atoms with E-state index >= 15 is 0 Å². The molecule has 82 valence electrons. The van der Waals surface area contributed by atoms with Gasteiger partial charge in [-0.2, -0.15) is 0 Å². The first kappa shape index (κ1) is 10.3. The summed E-state index contributed by atoms with van der Waals surface area (Å²) in [5, 5.41) is 0. The lowest BCUT2D eigenvalue weighted by Gasteiger charge is -2.22. The molecule has 1 aromatic rings. The molecule has 0 spiro atoms. The standard InChI is InChI=1S/C12H16O3/c1-9-7-11(13)12(8-14-9)15-10-5-3-2-4-6-10/h7-8,10H,2-6H2,1H3. The van der Waals surface area contributed by atoms with Crippen LogP contribution >= 0.6 is 0 Å². The van der Waals surface area contributed by atoms with Gasteiger partial charge in [0.2, 0.25) is 11.2 Å². The summed E-state index contributed by atoms with van der Waals surface area (Å²) in [6.45, 7) is 1.76. The molecule has 0 saturated heterocycles. The minimum Gasteiger partial charge on any atom is -0.483 e. The Hall–Kier alpha value is -1.25. The van der Waals surface area contributed by atoms with Crippen molar-refractivity contribution >= 4 is 0 Å². The summed E-state index contributed by atoms with van der Waals surface area (Å²) in [6.07, 6.45) is 7.39. The minimum absolute atomic E-state index is 0.0793. The molecule has 2 rings (SSSR count). The third-order valence-corrected chi connectivity index (χ3v) is 2.77. The fraction of sp³-hybridized carbons (Fsp3) is 0.583. The quantitative estimate of drug-likeness (QED) is 0.750. The van der Waals surface area contributed by atoms with Gasteiger partial charge in [-0.25, -0.2) is 0 Å². The lowest BCUT2D eigenvalue weighted by atomic mass is 9.98. The maximum atomic E-state index is 11.5. The van der Waals surface area contributed by atoms with Gasteiger partial charge >= 0.3 is 0 Å². The maximum Gasteiger partial charge on any atom is 0.226 e. The van der Waals surface area contributed by atoms with Crippen molar-refractivity contribution in [1.82, 2.24) is 0 Å². The predicted molar refractivity (Wildman–Crippen MR) is 57.2 cm³/mol. The third kappa shape index (κ3) is 2.61. The Bertz CT molecular complexity index is 375. The van der Waals surface area contributed by atoms with E-state index in [-0.39, 0.29) is 11.5 Å². The minimum atomic E-state index is -0.0793. The lowest BCUT2D eigenvalue weighted by molar-refractivity contribution is 0.149. The van der Waals surface area contributed by atoms with Crippen LogP contribution in [-0.2, 0) is 0 Å². The van der Waals surface area contributed by atoms with Crippen LogP contribution in [0.2, 0.25) is 0 Å². The maximum absolute atomic E-state index is 11.5. The Kier molecular flexibility index (Phi) is 3.09. The summed E-state index contributed by atoms with van der Waals surface area (Å²) in [7, 11) is 0. The molecule has 0 amide bonds. The molecule has 1 heterocycles. The van der Waals surface area contributed by atoms with Crippen LogP contribution < -0.4 is 10.2 Å². The molecular weight excluding hydrogens is 192 g/mol. The van der Waals surface area contributed by atoms with Crippen LogP contribution in [0.4, 0.5) is 0 Å². The molecule has 1 aliphatic rings. The zero-order valence-electron chi connectivity index (χ0n) is 8.99. The van der Waals surface area contributed by atoms with Crippen molar-refractivity contribution in [2.75, 3.05) is 0 Å². The summed E-state index contributed by atoms with van der Waals surface area (Å²) >= 11 is 0. The van der Waals surface area contributed by atoms with E-state index in [9.17, 15) is 4.79 Å². The van der Waals surface area contributed by atoms with Crippen LogP contribution in [0.25, 0.3) is 0 Å². The first-order chi connectivity index (χ1) is 7.25. The van der Waals surface area contributed by atoms with Crippen LogP contribution in [0, 0.1) is 6.92 Å². The van der Waals surface area contributed by atoms with E-state index < -0.39 is 0 Å². The van der Waals surface area contributed by atoms with Crippen molar-refractivity contribution in [3.05, 3.63) is 28.3 Å². The van der Waals surface area contributed by atoms with E-state index in [4.69, 9.17) is 9.15 Å². The molecule has 0 aliphatic heterocycles. The van der Waals surface area contributed by atoms with Gasteiger partial charge in [-0.15, -0.1) is 0 Å². The Morgan fingerprint density at radius 3 is 2.73 bits per heavy atom. The largest absolute Gasteiger partial charge is 0.483 e. The molecule has 1 saturated carbocycles. The van der Waals surface area contributed by atoms with Crippen molar-refractivity contribution in [2.24, 2.45) is 0 Å². The van der Waals surface area contributed by atoms with E-state index in [1.54, 1.807) is 6.92 Å². The van der Waals surface area contributed by atoms with Crippen LogP contribution in [0.15, 0.2) is 21.5 Å². The molecule has 1 aliphatic carbocycles. The second-order valence-electron chi connectivity index (χ2n) is 4.10. The molecule has 1 aromatic heterocycles. The second-order valence-corrected chi connectivity index (χ2v) is 4.10. The number of aryl methyl sites for hydroxylation is 1. The van der Waals surface area contributed by atoms with Gasteiger partial charge in [0, 0.05) is 6.07 Å². The average molecular weight is 208 g/mol. The van der Waals surface area contributed by atoms with E-state index in [1.165, 1.54) is 31.6 Å². The first-order valence-corrected chi connectivity index (χ1v) is 5.52. The fourth-order valence-electron chi connectivity index (χ4n) is 1.94. The van der Waals surface area contributed by atoms with Crippen LogP contribution in [-0.4, -0.2) is 6.10 Å². The van der Waals surface area contributed by atoms with Crippen molar-refractivity contribution in [2.45, 2.75) is 45.1 Å². The Labute approximate surface area is 89.1 Å². The third-order valence-electron chi connectivity index (χ3n) is 2.77. The van der Waals surface area contributed by atoms with Gasteiger partial charge in [-0.1, -0.05) is 6.42 Å². The smallest absolute Gasteiger partial charge is 0.226 e. The van der Waals surface area contributed by atoms with Gasteiger partial charge in [0.15, 0.2) is 0 Å². The SMILES string of the molecule is Cc1cc(=O)c(OC2CCCCC2)co1. The highest BCUT2D eigenvalue weighted by atomic mass is 16.5. The van der Waals surface area contributed by atoms with Gasteiger partial charge < -0.3 is 9.15 Å². The van der Waals surface area contributed by atoms with Gasteiger partial charge in [-0.05, 0) is 32.6 Å². The van der Waals surface area contributed by atoms with Crippen LogP contribution in [0.3, 0.4) is 0 Å². The summed E-state index contributed by atoms with van der Waals surface area (Å²) in [5.41, 5.74) is -0.0793. The molecule has 15 heavy (non-hydrogen) atoms. The Balaban J connectivity index is 2.06. The lowest BCUT2D eigenvalue weighted by Crippen LogP contribution is -2.22. The van der Waals surface area contributed by atoms with Crippen molar-refractivity contribution in [3.63, 3.8) is 0 Å². The summed E-state index contributed by atoms with van der Waals surface area (Å²) in [5.74, 6) is 0.975. The van der Waals surface area contributed by atoms with Crippen LogP contribution in [0.1, 0.15) is 37.9 Å². The molecule has 0 unspecified atom stereocenters. The molecule has 0 aromatic carbocycles. The van der Waals surface area contributed by atoms with Crippen LogP contribution in [0.5, 0.6) is 5.75 Å². The van der Waals surface area contributed by atoms with E-state index in [2.05, 4.69) is 0 Å². The molecule has 0 N–H and O–H groups in total. The van der Waals surface area contributed by atoms with Gasteiger partial charge in [0.1, 0.15) is 12.0 Å². The molecular formula is C12H16O3. The normalized spacial score (nSPS) is 17.7. The topological polar surface area (TPSA) is 39.4 Å². The van der Waals surface area contributed by atoms with Gasteiger partial charge in [-0.3, -0.25) is 4.79 Å². The Morgan fingerprint density at radius 2 is 2.07 bits per heavy atom. The monoisotopic (exact) mass is 208 g/mol. The van der Waals surface area contributed by atoms with Gasteiger partial charge in [0.25, 0.3) is 0 Å². The summed E-state index contributed by atoms with van der Waals surface area (Å²) in [6, 6.07) is 1.47. The first-order valence-electron chi connectivity index (χ1n) is 5.52. The summed E-state index contributed by atoms with van der Waals surface area (Å²) < 4.78 is 10.8. The highest BCUT2D eigenvalue weighted by molar-refractivity contribution is 5.17. The highest BCUT2D eigenvalue weighted by Crippen LogP contribution is 2.21. The van der Waals surface area contributed by atoms with Gasteiger partial charge in [0.05, 0.1) is 6.10 Å². The molecule has 0 bridgehead atoms. The van der Waals surface area contributed by atoms with E-state index in [0.717, 1.165) is 12.8 Å². The van der Waals surface area contributed by atoms with Crippen molar-refractivity contribution in [3.8, 4) is 5.75 Å². The molecule has 1 fully saturated rings. The molecule has 3 nitrogen and oxygen atoms in total. The molecule has 0 radical (unpaired) electrons. The van der Waals surface area contributed by atoms with Crippen molar-refractivity contribution < 1.29 is 9.15 Å². The van der Waals surface area contributed by atoms with E-state index in [1.807, 2.05) is 0 Å². The number of hydrogen-bond acceptors (Lipinski definition) is 3. The number of rotatable bonds is 2. The van der Waals surface area contributed by atoms with E-state index in [0.29, 0.717) is 11.5 Å². The second kappa shape index (κ2) is 4.51. The average Bonchev–Trinajstić information content (AvgIpc) is 2.24. The Morgan fingerprint density at radius 1 is 1.33 bits per heavy atom. The highest BCUT2D eigenvalue weighted by Gasteiger charge is 2.16. The van der Waals surface area contributed by atoms with Crippen molar-refractivity contribution in [1.29, 1.82) is 0 Å². The fourth-order valence-corrected chi connectivity index (χ4v) is 1.94. The zero-order valence-corrected chi connectivity index (χ0v) is 8.99. The summed E-state index contributed by atoms with van der Waals surface area (Å²) in [4.78, 5) is 11.5. The zero-order chi connectivity index (χ0) is 10.7. The number of hydrogen-bond donors (Lipinski definition) is 0. The predicted octanol–water partition coefficient (Wildman–Crippen LogP) is 2.66. The molecule has 3 heteroatoms. The molecule has 0 atom stereocenters.